The lowest BCUT2D eigenvalue weighted by Crippen LogP contribution is -2.33. The van der Waals surface area contributed by atoms with Gasteiger partial charge < -0.3 is 4.90 Å². The molecule has 1 heterocycles. The first-order valence-corrected chi connectivity index (χ1v) is 10.5. The summed E-state index contributed by atoms with van der Waals surface area (Å²) in [6.07, 6.45) is 3.42. The van der Waals surface area contributed by atoms with Crippen molar-refractivity contribution in [1.82, 2.24) is 19.7 Å². The number of para-hydroxylation sites is 1. The van der Waals surface area contributed by atoms with E-state index in [1.807, 2.05) is 46.0 Å². The van der Waals surface area contributed by atoms with Crippen LogP contribution in [-0.4, -0.2) is 38.7 Å². The number of carbonyl (C=O) groups excluding carboxylic acids is 1. The smallest absolute Gasteiger partial charge is 0.293 e. The van der Waals surface area contributed by atoms with E-state index in [0.29, 0.717) is 5.82 Å². The van der Waals surface area contributed by atoms with Crippen molar-refractivity contribution in [2.75, 3.05) is 13.1 Å². The second kappa shape index (κ2) is 10.0. The van der Waals surface area contributed by atoms with Crippen LogP contribution in [0, 0.1) is 6.92 Å². The van der Waals surface area contributed by atoms with Gasteiger partial charge in [-0.05, 0) is 43.4 Å². The first-order valence-electron chi connectivity index (χ1n) is 10.5. The standard InChI is InChI=1S/C24H30N4O/c1-4-17-27(18-5-2)24(29)23-25-22(16-15-20-12-7-6-8-13-20)28(26-23)21-14-10-9-11-19(21)3/h6-14H,4-5,15-18H2,1-3H3. The Bertz CT molecular complexity index is 927. The summed E-state index contributed by atoms with van der Waals surface area (Å²) in [5, 5.41) is 4.65. The zero-order valence-corrected chi connectivity index (χ0v) is 17.6. The molecule has 0 spiro atoms. The number of benzene rings is 2. The van der Waals surface area contributed by atoms with Gasteiger partial charge in [0.15, 0.2) is 0 Å². The van der Waals surface area contributed by atoms with E-state index in [1.165, 1.54) is 5.56 Å². The van der Waals surface area contributed by atoms with Crippen molar-refractivity contribution < 1.29 is 4.79 Å². The van der Waals surface area contributed by atoms with Crippen LogP contribution in [0.4, 0.5) is 0 Å². The van der Waals surface area contributed by atoms with E-state index < -0.39 is 0 Å². The van der Waals surface area contributed by atoms with Crippen LogP contribution in [0.3, 0.4) is 0 Å². The molecule has 0 atom stereocenters. The molecule has 5 nitrogen and oxygen atoms in total. The molecule has 152 valence electrons. The number of aromatic nitrogens is 3. The summed E-state index contributed by atoms with van der Waals surface area (Å²) in [5.41, 5.74) is 3.33. The lowest BCUT2D eigenvalue weighted by atomic mass is 10.1. The molecule has 0 N–H and O–H groups in total. The Labute approximate surface area is 173 Å². The molecule has 3 rings (SSSR count). The molecule has 3 aromatic rings. The van der Waals surface area contributed by atoms with Crippen LogP contribution < -0.4 is 0 Å². The number of hydrogen-bond acceptors (Lipinski definition) is 3. The number of nitrogens with zero attached hydrogens (tertiary/aromatic N) is 4. The van der Waals surface area contributed by atoms with Gasteiger partial charge in [-0.2, -0.15) is 0 Å². The van der Waals surface area contributed by atoms with Gasteiger partial charge in [-0.3, -0.25) is 4.79 Å². The van der Waals surface area contributed by atoms with Gasteiger partial charge in [0, 0.05) is 19.5 Å². The van der Waals surface area contributed by atoms with Crippen LogP contribution in [0.2, 0.25) is 0 Å². The summed E-state index contributed by atoms with van der Waals surface area (Å²) in [7, 11) is 0. The van der Waals surface area contributed by atoms with E-state index in [9.17, 15) is 4.79 Å². The van der Waals surface area contributed by atoms with Gasteiger partial charge in [-0.1, -0.05) is 62.4 Å². The summed E-state index contributed by atoms with van der Waals surface area (Å²) in [6.45, 7) is 7.68. The Morgan fingerprint density at radius 2 is 1.59 bits per heavy atom. The van der Waals surface area contributed by atoms with Crippen molar-refractivity contribution in [2.45, 2.75) is 46.5 Å². The molecule has 2 aromatic carbocycles. The van der Waals surface area contributed by atoms with E-state index in [-0.39, 0.29) is 5.91 Å². The predicted molar refractivity (Wildman–Crippen MR) is 116 cm³/mol. The van der Waals surface area contributed by atoms with Gasteiger partial charge in [0.2, 0.25) is 5.82 Å². The van der Waals surface area contributed by atoms with Crippen LogP contribution in [0.15, 0.2) is 54.6 Å². The Morgan fingerprint density at radius 3 is 2.24 bits per heavy atom. The van der Waals surface area contributed by atoms with E-state index in [2.05, 4.69) is 49.1 Å². The molecular weight excluding hydrogens is 360 g/mol. The lowest BCUT2D eigenvalue weighted by Gasteiger charge is -2.19. The topological polar surface area (TPSA) is 51.0 Å². The number of rotatable bonds is 9. The van der Waals surface area contributed by atoms with Gasteiger partial charge >= 0.3 is 0 Å². The maximum absolute atomic E-state index is 13.1. The minimum atomic E-state index is -0.0815. The second-order valence-corrected chi connectivity index (χ2v) is 7.33. The molecule has 5 heteroatoms. The Balaban J connectivity index is 1.94. The summed E-state index contributed by atoms with van der Waals surface area (Å²) in [5.74, 6) is 1.03. The molecular formula is C24H30N4O. The first-order chi connectivity index (χ1) is 14.1. The molecule has 0 saturated heterocycles. The minimum absolute atomic E-state index is 0.0815. The van der Waals surface area contributed by atoms with Gasteiger partial charge in [-0.15, -0.1) is 5.10 Å². The molecule has 0 aliphatic rings. The molecule has 0 unspecified atom stereocenters. The Hall–Kier alpha value is -2.95. The van der Waals surface area contributed by atoms with Gasteiger partial charge in [-0.25, -0.2) is 9.67 Å². The monoisotopic (exact) mass is 390 g/mol. The average Bonchev–Trinajstić information content (AvgIpc) is 3.16. The molecule has 0 aliphatic carbocycles. The number of carbonyl (C=O) groups is 1. The maximum Gasteiger partial charge on any atom is 0.293 e. The van der Waals surface area contributed by atoms with Gasteiger partial charge in [0.25, 0.3) is 5.91 Å². The summed E-state index contributed by atoms with van der Waals surface area (Å²) < 4.78 is 1.85. The Morgan fingerprint density at radius 1 is 0.931 bits per heavy atom. The highest BCUT2D eigenvalue weighted by atomic mass is 16.2. The fraction of sp³-hybridized carbons (Fsp3) is 0.375. The van der Waals surface area contributed by atoms with Gasteiger partial charge in [0.05, 0.1) is 5.69 Å². The minimum Gasteiger partial charge on any atom is -0.336 e. The number of aryl methyl sites for hydroxylation is 3. The first kappa shape index (κ1) is 20.8. The highest BCUT2D eigenvalue weighted by molar-refractivity contribution is 5.90. The summed E-state index contributed by atoms with van der Waals surface area (Å²) in [4.78, 5) is 19.6. The molecule has 0 radical (unpaired) electrons. The molecule has 0 saturated carbocycles. The fourth-order valence-corrected chi connectivity index (χ4v) is 3.49. The number of hydrogen-bond donors (Lipinski definition) is 0. The van der Waals surface area contributed by atoms with Gasteiger partial charge in [0.1, 0.15) is 5.82 Å². The van der Waals surface area contributed by atoms with Crippen LogP contribution in [0.1, 0.15) is 54.3 Å². The molecule has 0 fully saturated rings. The maximum atomic E-state index is 13.1. The average molecular weight is 391 g/mol. The quantitative estimate of drug-likeness (QED) is 0.535. The van der Waals surface area contributed by atoms with Crippen molar-refractivity contribution in [3.63, 3.8) is 0 Å². The van der Waals surface area contributed by atoms with E-state index in [1.54, 1.807) is 0 Å². The highest BCUT2D eigenvalue weighted by Crippen LogP contribution is 2.17. The molecule has 29 heavy (non-hydrogen) atoms. The zero-order valence-electron chi connectivity index (χ0n) is 17.6. The highest BCUT2D eigenvalue weighted by Gasteiger charge is 2.22. The molecule has 0 aliphatic heterocycles. The molecule has 1 amide bonds. The van der Waals surface area contributed by atoms with Crippen molar-refractivity contribution in [2.24, 2.45) is 0 Å². The van der Waals surface area contributed by atoms with Crippen molar-refractivity contribution in [1.29, 1.82) is 0 Å². The van der Waals surface area contributed by atoms with Crippen LogP contribution in [-0.2, 0) is 12.8 Å². The summed E-state index contributed by atoms with van der Waals surface area (Å²) in [6, 6.07) is 18.4. The van der Waals surface area contributed by atoms with Crippen LogP contribution in [0.25, 0.3) is 5.69 Å². The third kappa shape index (κ3) is 5.11. The van der Waals surface area contributed by atoms with Crippen molar-refractivity contribution in [3.8, 4) is 5.69 Å². The fourth-order valence-electron chi connectivity index (χ4n) is 3.49. The third-order valence-corrected chi connectivity index (χ3v) is 4.96. The lowest BCUT2D eigenvalue weighted by molar-refractivity contribution is 0.0743. The second-order valence-electron chi connectivity index (χ2n) is 7.33. The van der Waals surface area contributed by atoms with E-state index >= 15 is 0 Å². The zero-order chi connectivity index (χ0) is 20.6. The largest absolute Gasteiger partial charge is 0.336 e. The predicted octanol–water partition coefficient (Wildman–Crippen LogP) is 4.62. The normalized spacial score (nSPS) is 10.9. The molecule has 0 bridgehead atoms. The number of amides is 1. The van der Waals surface area contributed by atoms with Crippen LogP contribution in [0.5, 0.6) is 0 Å². The Kier molecular flexibility index (Phi) is 7.17. The third-order valence-electron chi connectivity index (χ3n) is 4.96. The van der Waals surface area contributed by atoms with E-state index in [0.717, 1.165) is 55.8 Å². The SMILES string of the molecule is CCCN(CCC)C(=O)c1nc(CCc2ccccc2)n(-c2ccccc2C)n1. The molecule has 1 aromatic heterocycles. The van der Waals surface area contributed by atoms with E-state index in [4.69, 9.17) is 0 Å². The summed E-state index contributed by atoms with van der Waals surface area (Å²) >= 11 is 0. The van der Waals surface area contributed by atoms with Crippen molar-refractivity contribution in [3.05, 3.63) is 77.4 Å². The van der Waals surface area contributed by atoms with Crippen LogP contribution >= 0.6 is 0 Å². The van der Waals surface area contributed by atoms with Crippen molar-refractivity contribution >= 4 is 5.91 Å².